The van der Waals surface area contributed by atoms with Crippen molar-refractivity contribution in [1.29, 1.82) is 5.26 Å². The van der Waals surface area contributed by atoms with E-state index < -0.39 is 0 Å². The number of nitrogens with two attached hydrogens (primary N) is 1. The molecule has 6 heteroatoms. The summed E-state index contributed by atoms with van der Waals surface area (Å²) in [6.45, 7) is 1.40. The number of hydrogen-bond donors (Lipinski definition) is 2. The summed E-state index contributed by atoms with van der Waals surface area (Å²) in [4.78, 5) is 12.7. The molecule has 1 heterocycles. The second-order valence-corrected chi connectivity index (χ2v) is 4.72. The van der Waals surface area contributed by atoms with Gasteiger partial charge in [0.2, 0.25) is 0 Å². The monoisotopic (exact) mass is 274 g/mol. The van der Waals surface area contributed by atoms with Crippen LogP contribution in [0, 0.1) is 11.3 Å². The van der Waals surface area contributed by atoms with Crippen molar-refractivity contribution < 1.29 is 9.53 Å². The fourth-order valence-electron chi connectivity index (χ4n) is 2.27. The van der Waals surface area contributed by atoms with Crippen molar-refractivity contribution in [3.8, 4) is 11.8 Å². The first kappa shape index (κ1) is 14.0. The number of ether oxygens (including phenoxy) is 1. The third-order valence-corrected chi connectivity index (χ3v) is 3.31. The molecular weight excluding hydrogens is 256 g/mol. The van der Waals surface area contributed by atoms with Gasteiger partial charge < -0.3 is 20.7 Å². The Labute approximate surface area is 118 Å². The summed E-state index contributed by atoms with van der Waals surface area (Å²) in [6.07, 6.45) is 1.73. The fourth-order valence-corrected chi connectivity index (χ4v) is 2.27. The molecule has 0 unspecified atom stereocenters. The van der Waals surface area contributed by atoms with E-state index in [0.717, 1.165) is 18.5 Å². The van der Waals surface area contributed by atoms with Crippen molar-refractivity contribution in [3.05, 3.63) is 24.3 Å². The largest absolute Gasteiger partial charge is 0.479 e. The lowest BCUT2D eigenvalue weighted by Gasteiger charge is -2.31. The topological polar surface area (TPSA) is 91.4 Å². The van der Waals surface area contributed by atoms with Gasteiger partial charge in [-0.1, -0.05) is 6.07 Å². The number of primary amides is 1. The van der Waals surface area contributed by atoms with Crippen LogP contribution in [0.5, 0.6) is 5.75 Å². The van der Waals surface area contributed by atoms with Gasteiger partial charge in [-0.25, -0.2) is 4.79 Å². The Morgan fingerprint density at radius 3 is 2.90 bits per heavy atom. The highest BCUT2D eigenvalue weighted by Crippen LogP contribution is 2.21. The van der Waals surface area contributed by atoms with Gasteiger partial charge in [-0.2, -0.15) is 5.26 Å². The smallest absolute Gasteiger partial charge is 0.314 e. The number of carbonyl (C=O) groups is 1. The molecular formula is C14H18N4O2. The van der Waals surface area contributed by atoms with Gasteiger partial charge in [-0.3, -0.25) is 0 Å². The lowest BCUT2D eigenvalue weighted by molar-refractivity contribution is 0.193. The predicted octanol–water partition coefficient (Wildman–Crippen LogP) is 1.54. The average Bonchev–Trinajstić information content (AvgIpc) is 2.46. The molecule has 106 valence electrons. The van der Waals surface area contributed by atoms with Crippen molar-refractivity contribution in [3.63, 3.8) is 0 Å². The standard InChI is InChI=1S/C14H18N4O2/c15-6-9-20-13-3-1-2-12(10-13)17-11-4-7-18(8-5-11)14(16)19/h1-3,10-11,17H,4-5,7-9H2,(H2,16,19). The summed E-state index contributed by atoms with van der Waals surface area (Å²) < 4.78 is 5.26. The van der Waals surface area contributed by atoms with Gasteiger partial charge in [-0.05, 0) is 25.0 Å². The Morgan fingerprint density at radius 2 is 2.25 bits per heavy atom. The first-order chi connectivity index (χ1) is 9.69. The van der Waals surface area contributed by atoms with Crippen molar-refractivity contribution in [2.45, 2.75) is 18.9 Å². The number of hydrogen-bond acceptors (Lipinski definition) is 4. The molecule has 1 saturated heterocycles. The Bertz CT molecular complexity index is 504. The van der Waals surface area contributed by atoms with Crippen molar-refractivity contribution in [2.24, 2.45) is 5.73 Å². The summed E-state index contributed by atoms with van der Waals surface area (Å²) >= 11 is 0. The van der Waals surface area contributed by atoms with Gasteiger partial charge in [0.1, 0.15) is 11.8 Å². The van der Waals surface area contributed by atoms with Gasteiger partial charge in [-0.15, -0.1) is 0 Å². The zero-order chi connectivity index (χ0) is 14.4. The van der Waals surface area contributed by atoms with E-state index in [4.69, 9.17) is 15.7 Å². The van der Waals surface area contributed by atoms with Crippen LogP contribution in [0.25, 0.3) is 0 Å². The first-order valence-electron chi connectivity index (χ1n) is 6.60. The third kappa shape index (κ3) is 3.79. The summed E-state index contributed by atoms with van der Waals surface area (Å²) in [6, 6.07) is 9.44. The molecule has 1 aromatic carbocycles. The van der Waals surface area contributed by atoms with E-state index in [1.165, 1.54) is 0 Å². The molecule has 0 aromatic heterocycles. The normalized spacial score (nSPS) is 15.4. The summed E-state index contributed by atoms with van der Waals surface area (Å²) in [5, 5.41) is 11.9. The van der Waals surface area contributed by atoms with E-state index in [1.807, 2.05) is 30.3 Å². The van der Waals surface area contributed by atoms with Crippen molar-refractivity contribution in [1.82, 2.24) is 4.90 Å². The molecule has 0 bridgehead atoms. The van der Waals surface area contributed by atoms with Gasteiger partial charge in [0.05, 0.1) is 0 Å². The minimum Gasteiger partial charge on any atom is -0.479 e. The molecule has 1 fully saturated rings. The molecule has 1 aliphatic rings. The number of carbonyl (C=O) groups excluding carboxylic acids is 1. The number of piperidine rings is 1. The molecule has 6 nitrogen and oxygen atoms in total. The van der Waals surface area contributed by atoms with E-state index >= 15 is 0 Å². The van der Waals surface area contributed by atoms with Crippen LogP contribution in [0.4, 0.5) is 10.5 Å². The van der Waals surface area contributed by atoms with E-state index in [2.05, 4.69) is 5.32 Å². The van der Waals surface area contributed by atoms with E-state index in [0.29, 0.717) is 24.9 Å². The second-order valence-electron chi connectivity index (χ2n) is 4.72. The van der Waals surface area contributed by atoms with Crippen molar-refractivity contribution in [2.75, 3.05) is 25.0 Å². The molecule has 0 radical (unpaired) electrons. The van der Waals surface area contributed by atoms with E-state index in [9.17, 15) is 4.79 Å². The van der Waals surface area contributed by atoms with Crippen LogP contribution in [-0.2, 0) is 0 Å². The molecule has 0 atom stereocenters. The zero-order valence-electron chi connectivity index (χ0n) is 11.2. The highest BCUT2D eigenvalue weighted by molar-refractivity contribution is 5.72. The van der Waals surface area contributed by atoms with Crippen LogP contribution >= 0.6 is 0 Å². The Kier molecular flexibility index (Phi) is 4.66. The summed E-state index contributed by atoms with van der Waals surface area (Å²) in [5.74, 6) is 0.672. The number of nitrogens with one attached hydrogen (secondary N) is 1. The number of nitrogens with zero attached hydrogens (tertiary/aromatic N) is 2. The number of amides is 2. The Hall–Kier alpha value is -2.42. The maximum Gasteiger partial charge on any atom is 0.314 e. The maximum absolute atomic E-state index is 11.0. The molecule has 3 N–H and O–H groups in total. The van der Waals surface area contributed by atoms with Crippen LogP contribution < -0.4 is 15.8 Å². The Balaban J connectivity index is 1.88. The van der Waals surface area contributed by atoms with Crippen LogP contribution in [0.3, 0.4) is 0 Å². The zero-order valence-corrected chi connectivity index (χ0v) is 11.2. The van der Waals surface area contributed by atoms with Gasteiger partial charge in [0, 0.05) is 30.9 Å². The molecule has 0 spiro atoms. The van der Waals surface area contributed by atoms with E-state index in [1.54, 1.807) is 4.90 Å². The fraction of sp³-hybridized carbons (Fsp3) is 0.429. The van der Waals surface area contributed by atoms with Gasteiger partial charge in [0.25, 0.3) is 0 Å². The van der Waals surface area contributed by atoms with Gasteiger partial charge >= 0.3 is 6.03 Å². The molecule has 1 aliphatic heterocycles. The quantitative estimate of drug-likeness (QED) is 0.871. The third-order valence-electron chi connectivity index (χ3n) is 3.31. The minimum atomic E-state index is -0.352. The van der Waals surface area contributed by atoms with Crippen LogP contribution in [0.1, 0.15) is 12.8 Å². The summed E-state index contributed by atoms with van der Waals surface area (Å²) in [5.41, 5.74) is 6.21. The molecule has 0 saturated carbocycles. The first-order valence-corrected chi connectivity index (χ1v) is 6.60. The number of rotatable bonds is 4. The number of anilines is 1. The number of likely N-dealkylation sites (tertiary alicyclic amines) is 1. The van der Waals surface area contributed by atoms with Crippen LogP contribution in [0.15, 0.2) is 24.3 Å². The van der Waals surface area contributed by atoms with Gasteiger partial charge in [0.15, 0.2) is 6.61 Å². The van der Waals surface area contributed by atoms with Crippen LogP contribution in [0.2, 0.25) is 0 Å². The number of urea groups is 1. The average molecular weight is 274 g/mol. The highest BCUT2D eigenvalue weighted by atomic mass is 16.5. The lowest BCUT2D eigenvalue weighted by Crippen LogP contribution is -2.44. The highest BCUT2D eigenvalue weighted by Gasteiger charge is 2.20. The number of benzene rings is 1. The maximum atomic E-state index is 11.0. The molecule has 20 heavy (non-hydrogen) atoms. The molecule has 1 aromatic rings. The Morgan fingerprint density at radius 1 is 1.50 bits per heavy atom. The minimum absolute atomic E-state index is 0.0421. The number of nitriles is 1. The molecule has 0 aliphatic carbocycles. The van der Waals surface area contributed by atoms with Crippen LogP contribution in [-0.4, -0.2) is 36.7 Å². The van der Waals surface area contributed by atoms with Crippen molar-refractivity contribution >= 4 is 11.7 Å². The molecule has 2 amide bonds. The molecule has 2 rings (SSSR count). The van der Waals surface area contributed by atoms with E-state index in [-0.39, 0.29) is 12.6 Å². The lowest BCUT2D eigenvalue weighted by atomic mass is 10.0. The second kappa shape index (κ2) is 6.66. The SMILES string of the molecule is N#CCOc1cccc(NC2CCN(C(N)=O)CC2)c1. The predicted molar refractivity (Wildman–Crippen MR) is 75.4 cm³/mol. The summed E-state index contributed by atoms with van der Waals surface area (Å²) in [7, 11) is 0.